The van der Waals surface area contributed by atoms with E-state index in [1.54, 1.807) is 12.1 Å². The molecule has 0 spiro atoms. The van der Waals surface area contributed by atoms with Crippen molar-refractivity contribution in [2.75, 3.05) is 31.1 Å². The molecule has 0 aliphatic carbocycles. The van der Waals surface area contributed by atoms with Crippen molar-refractivity contribution in [3.8, 4) is 0 Å². The summed E-state index contributed by atoms with van der Waals surface area (Å²) in [4.78, 5) is 25.2. The number of rotatable bonds is 3. The second-order valence-electron chi connectivity index (χ2n) is 6.09. The van der Waals surface area contributed by atoms with Crippen LogP contribution in [0.5, 0.6) is 0 Å². The first-order valence-corrected chi connectivity index (χ1v) is 8.11. The summed E-state index contributed by atoms with van der Waals surface area (Å²) in [6.07, 6.45) is 0.240. The zero-order chi connectivity index (χ0) is 17.1. The van der Waals surface area contributed by atoms with Crippen LogP contribution in [0, 0.1) is 19.7 Å². The molecule has 1 aliphatic rings. The van der Waals surface area contributed by atoms with Crippen LogP contribution >= 0.6 is 0 Å². The van der Waals surface area contributed by atoms with Gasteiger partial charge in [-0.05, 0) is 31.5 Å². The van der Waals surface area contributed by atoms with Gasteiger partial charge >= 0.3 is 0 Å². The van der Waals surface area contributed by atoms with Crippen LogP contribution < -0.4 is 4.90 Å². The molecule has 1 aromatic heterocycles. The largest absolute Gasteiger partial charge is 0.353 e. The Bertz CT molecular complexity index is 721. The predicted octanol–water partition coefficient (Wildman–Crippen LogP) is 2.12. The number of nitrogens with zero attached hydrogens (tertiary/aromatic N) is 4. The zero-order valence-corrected chi connectivity index (χ0v) is 14.0. The number of aryl methyl sites for hydroxylation is 2. The lowest BCUT2D eigenvalue weighted by Gasteiger charge is -2.35. The maximum absolute atomic E-state index is 13.2. The van der Waals surface area contributed by atoms with Gasteiger partial charge in [0.15, 0.2) is 0 Å². The highest BCUT2D eigenvalue weighted by molar-refractivity contribution is 5.79. The Hall–Kier alpha value is -2.50. The molecular weight excluding hydrogens is 307 g/mol. The number of halogens is 1. The normalized spacial score (nSPS) is 14.8. The molecule has 0 saturated carbocycles. The number of anilines is 1. The second-order valence-corrected chi connectivity index (χ2v) is 6.09. The van der Waals surface area contributed by atoms with Gasteiger partial charge in [-0.25, -0.2) is 14.4 Å². The SMILES string of the molecule is Cc1cc(N2CCN(C(=O)Cc3cccc(F)c3)CC2)nc(C)n1. The van der Waals surface area contributed by atoms with E-state index in [0.717, 1.165) is 30.4 Å². The maximum Gasteiger partial charge on any atom is 0.227 e. The highest BCUT2D eigenvalue weighted by Crippen LogP contribution is 2.16. The lowest BCUT2D eigenvalue weighted by molar-refractivity contribution is -0.130. The first-order chi connectivity index (χ1) is 11.5. The molecule has 0 N–H and O–H groups in total. The summed E-state index contributed by atoms with van der Waals surface area (Å²) in [6, 6.07) is 8.19. The lowest BCUT2D eigenvalue weighted by atomic mass is 10.1. The number of carbonyl (C=O) groups excluding carboxylic acids is 1. The Morgan fingerprint density at radius 3 is 2.54 bits per heavy atom. The molecule has 126 valence electrons. The Morgan fingerprint density at radius 1 is 1.12 bits per heavy atom. The minimum atomic E-state index is -0.306. The van der Waals surface area contributed by atoms with Gasteiger partial charge in [0.25, 0.3) is 0 Å². The Labute approximate surface area is 141 Å². The van der Waals surface area contributed by atoms with Gasteiger partial charge in [0.1, 0.15) is 17.5 Å². The molecular formula is C18H21FN4O. The average Bonchev–Trinajstić information content (AvgIpc) is 2.54. The number of amides is 1. The molecule has 1 saturated heterocycles. The summed E-state index contributed by atoms with van der Waals surface area (Å²) in [5.41, 5.74) is 1.66. The highest BCUT2D eigenvalue weighted by atomic mass is 19.1. The molecule has 24 heavy (non-hydrogen) atoms. The summed E-state index contributed by atoms with van der Waals surface area (Å²) in [7, 11) is 0. The van der Waals surface area contributed by atoms with Gasteiger partial charge in [0.2, 0.25) is 5.91 Å². The minimum absolute atomic E-state index is 0.0373. The van der Waals surface area contributed by atoms with Crippen LogP contribution in [-0.4, -0.2) is 47.0 Å². The molecule has 2 heterocycles. The fourth-order valence-corrected chi connectivity index (χ4v) is 2.98. The number of piperazine rings is 1. The summed E-state index contributed by atoms with van der Waals surface area (Å²) in [5, 5.41) is 0. The van der Waals surface area contributed by atoms with E-state index in [9.17, 15) is 9.18 Å². The molecule has 3 rings (SSSR count). The van der Waals surface area contributed by atoms with Crippen molar-refractivity contribution in [2.45, 2.75) is 20.3 Å². The number of benzene rings is 1. The first kappa shape index (κ1) is 16.4. The summed E-state index contributed by atoms with van der Waals surface area (Å²) in [5.74, 6) is 1.40. The van der Waals surface area contributed by atoms with Crippen molar-refractivity contribution in [3.05, 3.63) is 53.2 Å². The second kappa shape index (κ2) is 6.95. The molecule has 0 unspecified atom stereocenters. The molecule has 0 bridgehead atoms. The average molecular weight is 328 g/mol. The summed E-state index contributed by atoms with van der Waals surface area (Å²) >= 11 is 0. The highest BCUT2D eigenvalue weighted by Gasteiger charge is 2.22. The van der Waals surface area contributed by atoms with E-state index in [1.165, 1.54) is 12.1 Å². The van der Waals surface area contributed by atoms with Crippen LogP contribution in [0.1, 0.15) is 17.1 Å². The van der Waals surface area contributed by atoms with E-state index in [-0.39, 0.29) is 18.1 Å². The number of carbonyl (C=O) groups is 1. The van der Waals surface area contributed by atoms with Crippen molar-refractivity contribution in [1.82, 2.24) is 14.9 Å². The van der Waals surface area contributed by atoms with Crippen molar-refractivity contribution in [3.63, 3.8) is 0 Å². The van der Waals surface area contributed by atoms with Crippen LogP contribution in [0.15, 0.2) is 30.3 Å². The van der Waals surface area contributed by atoms with Crippen LogP contribution in [0.3, 0.4) is 0 Å². The van der Waals surface area contributed by atoms with Gasteiger partial charge in [0, 0.05) is 37.9 Å². The van der Waals surface area contributed by atoms with Crippen molar-refractivity contribution in [1.29, 1.82) is 0 Å². The molecule has 1 fully saturated rings. The fourth-order valence-electron chi connectivity index (χ4n) is 2.98. The van der Waals surface area contributed by atoms with Crippen LogP contribution in [0.4, 0.5) is 10.2 Å². The van der Waals surface area contributed by atoms with Gasteiger partial charge in [-0.3, -0.25) is 4.79 Å². The predicted molar refractivity (Wildman–Crippen MR) is 90.4 cm³/mol. The Balaban J connectivity index is 1.59. The van der Waals surface area contributed by atoms with E-state index in [4.69, 9.17) is 0 Å². The minimum Gasteiger partial charge on any atom is -0.353 e. The molecule has 2 aromatic rings. The molecule has 5 nitrogen and oxygen atoms in total. The Morgan fingerprint density at radius 2 is 1.88 bits per heavy atom. The van der Waals surface area contributed by atoms with Gasteiger partial charge in [-0.1, -0.05) is 12.1 Å². The quantitative estimate of drug-likeness (QED) is 0.866. The van der Waals surface area contributed by atoms with Gasteiger partial charge < -0.3 is 9.80 Å². The van der Waals surface area contributed by atoms with E-state index >= 15 is 0 Å². The summed E-state index contributed by atoms with van der Waals surface area (Å²) in [6.45, 7) is 6.62. The van der Waals surface area contributed by atoms with Gasteiger partial charge in [0.05, 0.1) is 6.42 Å². The van der Waals surface area contributed by atoms with Crippen molar-refractivity contribution < 1.29 is 9.18 Å². The molecule has 1 aliphatic heterocycles. The zero-order valence-electron chi connectivity index (χ0n) is 14.0. The van der Waals surface area contributed by atoms with Crippen LogP contribution in [-0.2, 0) is 11.2 Å². The third kappa shape index (κ3) is 3.88. The van der Waals surface area contributed by atoms with E-state index in [1.807, 2.05) is 24.8 Å². The molecule has 0 atom stereocenters. The van der Waals surface area contributed by atoms with Gasteiger partial charge in [-0.2, -0.15) is 0 Å². The molecule has 1 aromatic carbocycles. The van der Waals surface area contributed by atoms with E-state index in [2.05, 4.69) is 14.9 Å². The topological polar surface area (TPSA) is 49.3 Å². The maximum atomic E-state index is 13.2. The van der Waals surface area contributed by atoms with E-state index < -0.39 is 0 Å². The van der Waals surface area contributed by atoms with Crippen molar-refractivity contribution >= 4 is 11.7 Å². The number of hydrogen-bond donors (Lipinski definition) is 0. The third-order valence-corrected chi connectivity index (χ3v) is 4.15. The lowest BCUT2D eigenvalue weighted by Crippen LogP contribution is -2.49. The monoisotopic (exact) mass is 328 g/mol. The first-order valence-electron chi connectivity index (χ1n) is 8.11. The van der Waals surface area contributed by atoms with E-state index in [0.29, 0.717) is 18.7 Å². The summed E-state index contributed by atoms with van der Waals surface area (Å²) < 4.78 is 13.2. The standard InChI is InChI=1S/C18H21FN4O/c1-13-10-17(21-14(2)20-13)22-6-8-23(9-7-22)18(24)12-15-4-3-5-16(19)11-15/h3-5,10-11H,6-9,12H2,1-2H3. The smallest absolute Gasteiger partial charge is 0.227 e. The molecule has 1 amide bonds. The Kier molecular flexibility index (Phi) is 4.74. The van der Waals surface area contributed by atoms with Gasteiger partial charge in [-0.15, -0.1) is 0 Å². The molecule has 6 heteroatoms. The number of aromatic nitrogens is 2. The number of hydrogen-bond acceptors (Lipinski definition) is 4. The van der Waals surface area contributed by atoms with Crippen molar-refractivity contribution in [2.24, 2.45) is 0 Å². The van der Waals surface area contributed by atoms with Crippen LogP contribution in [0.25, 0.3) is 0 Å². The van der Waals surface area contributed by atoms with Crippen LogP contribution in [0.2, 0.25) is 0 Å². The fraction of sp³-hybridized carbons (Fsp3) is 0.389. The molecule has 0 radical (unpaired) electrons. The third-order valence-electron chi connectivity index (χ3n) is 4.15.